The maximum atomic E-state index is 10.6. The van der Waals surface area contributed by atoms with Crippen LogP contribution in [0.15, 0.2) is 0 Å². The molecule has 3 nitrogen and oxygen atoms in total. The Morgan fingerprint density at radius 2 is 1.88 bits per heavy atom. The highest BCUT2D eigenvalue weighted by Crippen LogP contribution is 2.41. The molecule has 0 aromatic rings. The number of hydrogen-bond acceptors (Lipinski definition) is 3. The molecule has 0 radical (unpaired) electrons. The summed E-state index contributed by atoms with van der Waals surface area (Å²) in [5.41, 5.74) is -0.377. The number of nitrogens with zero attached hydrogens (tertiary/aromatic N) is 1. The van der Waals surface area contributed by atoms with Gasteiger partial charge in [-0.25, -0.2) is 0 Å². The molecule has 1 aliphatic heterocycles. The highest BCUT2D eigenvalue weighted by molar-refractivity contribution is 4.98. The second-order valence-corrected chi connectivity index (χ2v) is 6.36. The fourth-order valence-corrected chi connectivity index (χ4v) is 4.24. The summed E-state index contributed by atoms with van der Waals surface area (Å²) in [6.07, 6.45) is 8.71. The number of aliphatic hydroxyl groups is 2. The van der Waals surface area contributed by atoms with E-state index < -0.39 is 0 Å². The molecule has 4 atom stereocenters. The Morgan fingerprint density at radius 1 is 1.00 bits per heavy atom. The van der Waals surface area contributed by atoms with Crippen LogP contribution < -0.4 is 0 Å². The van der Waals surface area contributed by atoms with Gasteiger partial charge in [-0.15, -0.1) is 0 Å². The zero-order valence-corrected chi connectivity index (χ0v) is 10.6. The molecule has 3 aliphatic rings. The molecule has 3 heteroatoms. The fourth-order valence-electron chi connectivity index (χ4n) is 4.24. The molecule has 0 aromatic heterocycles. The summed E-state index contributed by atoms with van der Waals surface area (Å²) < 4.78 is 0. The molecule has 98 valence electrons. The van der Waals surface area contributed by atoms with Crippen LogP contribution in [0.4, 0.5) is 0 Å². The lowest BCUT2D eigenvalue weighted by atomic mass is 9.71. The van der Waals surface area contributed by atoms with E-state index in [0.717, 1.165) is 45.2 Å². The van der Waals surface area contributed by atoms with E-state index in [1.54, 1.807) is 0 Å². The van der Waals surface area contributed by atoms with Crippen molar-refractivity contribution >= 4 is 0 Å². The number of fused-ring (bicyclic) bond motifs is 1. The van der Waals surface area contributed by atoms with Gasteiger partial charge in [0.15, 0.2) is 0 Å². The Morgan fingerprint density at radius 3 is 2.65 bits per heavy atom. The molecule has 2 saturated carbocycles. The third-order valence-corrected chi connectivity index (χ3v) is 5.37. The van der Waals surface area contributed by atoms with E-state index in [-0.39, 0.29) is 11.7 Å². The zero-order chi connectivity index (χ0) is 11.9. The van der Waals surface area contributed by atoms with Gasteiger partial charge in [0, 0.05) is 25.0 Å². The normalized spacial score (nSPS) is 48.0. The lowest BCUT2D eigenvalue weighted by Crippen LogP contribution is -2.56. The van der Waals surface area contributed by atoms with Crippen LogP contribution in [0.2, 0.25) is 0 Å². The van der Waals surface area contributed by atoms with Crippen LogP contribution in [-0.2, 0) is 0 Å². The predicted molar refractivity (Wildman–Crippen MR) is 66.7 cm³/mol. The first-order valence-corrected chi connectivity index (χ1v) is 7.33. The van der Waals surface area contributed by atoms with Crippen LogP contribution in [0, 0.1) is 5.92 Å². The first kappa shape index (κ1) is 11.9. The second kappa shape index (κ2) is 4.52. The quantitative estimate of drug-likeness (QED) is 0.729. The van der Waals surface area contributed by atoms with Gasteiger partial charge < -0.3 is 10.2 Å². The Kier molecular flexibility index (Phi) is 3.18. The van der Waals surface area contributed by atoms with Gasteiger partial charge in [-0.2, -0.15) is 0 Å². The minimum Gasteiger partial charge on any atom is -0.391 e. The van der Waals surface area contributed by atoms with Gasteiger partial charge in [0.2, 0.25) is 0 Å². The van der Waals surface area contributed by atoms with Crippen molar-refractivity contribution in [1.82, 2.24) is 4.90 Å². The van der Waals surface area contributed by atoms with Gasteiger partial charge >= 0.3 is 0 Å². The summed E-state index contributed by atoms with van der Waals surface area (Å²) in [4.78, 5) is 2.46. The van der Waals surface area contributed by atoms with Gasteiger partial charge in [-0.1, -0.05) is 12.8 Å². The summed E-state index contributed by atoms with van der Waals surface area (Å²) in [7, 11) is 0. The van der Waals surface area contributed by atoms with Crippen LogP contribution in [0.1, 0.15) is 51.4 Å². The smallest absolute Gasteiger partial charge is 0.0700 e. The van der Waals surface area contributed by atoms with Gasteiger partial charge in [0.25, 0.3) is 0 Å². The lowest BCUT2D eigenvalue weighted by molar-refractivity contribution is -0.109. The monoisotopic (exact) mass is 239 g/mol. The first-order valence-electron chi connectivity index (χ1n) is 7.33. The summed E-state index contributed by atoms with van der Waals surface area (Å²) in [6, 6.07) is 0.376. The van der Waals surface area contributed by atoms with E-state index in [9.17, 15) is 10.2 Å². The van der Waals surface area contributed by atoms with Crippen molar-refractivity contribution in [3.8, 4) is 0 Å². The molecule has 0 spiro atoms. The summed E-state index contributed by atoms with van der Waals surface area (Å²) >= 11 is 0. The highest BCUT2D eigenvalue weighted by Gasteiger charge is 2.45. The third kappa shape index (κ3) is 2.13. The topological polar surface area (TPSA) is 43.7 Å². The van der Waals surface area contributed by atoms with E-state index in [1.807, 2.05) is 0 Å². The van der Waals surface area contributed by atoms with Gasteiger partial charge in [0.05, 0.1) is 11.7 Å². The van der Waals surface area contributed by atoms with Gasteiger partial charge in [0.1, 0.15) is 0 Å². The second-order valence-electron chi connectivity index (χ2n) is 6.36. The molecular weight excluding hydrogens is 214 g/mol. The van der Waals surface area contributed by atoms with Crippen LogP contribution in [0.25, 0.3) is 0 Å². The molecular formula is C14H25NO2. The van der Waals surface area contributed by atoms with Crippen molar-refractivity contribution in [2.45, 2.75) is 69.1 Å². The van der Waals surface area contributed by atoms with Crippen LogP contribution in [0.3, 0.4) is 0 Å². The Hall–Kier alpha value is -0.120. The standard InChI is InChI=1S/C14H25NO2/c16-13-6-3-5-12(13)15-9-8-14(17)7-2-1-4-11(14)10-15/h11-13,16-17H,1-10H2/t11?,12-,13-,14?/m0/s1. The number of hydrogen-bond donors (Lipinski definition) is 2. The average molecular weight is 239 g/mol. The largest absolute Gasteiger partial charge is 0.391 e. The summed E-state index contributed by atoms with van der Waals surface area (Å²) in [6.45, 7) is 1.99. The predicted octanol–water partition coefficient (Wildman–Crippen LogP) is 1.53. The van der Waals surface area contributed by atoms with Crippen molar-refractivity contribution in [2.75, 3.05) is 13.1 Å². The molecule has 2 N–H and O–H groups in total. The number of likely N-dealkylation sites (tertiary alicyclic amines) is 1. The zero-order valence-electron chi connectivity index (χ0n) is 10.6. The molecule has 1 heterocycles. The molecule has 2 unspecified atom stereocenters. The van der Waals surface area contributed by atoms with Crippen LogP contribution >= 0.6 is 0 Å². The Labute approximate surface area is 104 Å². The van der Waals surface area contributed by atoms with Crippen molar-refractivity contribution in [3.63, 3.8) is 0 Å². The van der Waals surface area contributed by atoms with Crippen LogP contribution in [-0.4, -0.2) is 45.9 Å². The van der Waals surface area contributed by atoms with Crippen LogP contribution in [0.5, 0.6) is 0 Å². The molecule has 0 bridgehead atoms. The minimum atomic E-state index is -0.377. The van der Waals surface area contributed by atoms with Gasteiger partial charge in [-0.05, 0) is 38.5 Å². The van der Waals surface area contributed by atoms with Crippen molar-refractivity contribution < 1.29 is 10.2 Å². The SMILES string of the molecule is O[C@H]1CCC[C@@H]1N1CCC2(O)CCCCC2C1. The molecule has 2 aliphatic carbocycles. The molecule has 1 saturated heterocycles. The van der Waals surface area contributed by atoms with E-state index >= 15 is 0 Å². The molecule has 0 aromatic carbocycles. The van der Waals surface area contributed by atoms with E-state index in [4.69, 9.17) is 0 Å². The number of rotatable bonds is 1. The number of piperidine rings is 1. The van der Waals surface area contributed by atoms with Crippen molar-refractivity contribution in [3.05, 3.63) is 0 Å². The lowest BCUT2D eigenvalue weighted by Gasteiger charge is -2.49. The van der Waals surface area contributed by atoms with E-state index in [2.05, 4.69) is 4.90 Å². The fraction of sp³-hybridized carbons (Fsp3) is 1.00. The average Bonchev–Trinajstić information content (AvgIpc) is 2.74. The van der Waals surface area contributed by atoms with E-state index in [0.29, 0.717) is 12.0 Å². The Balaban J connectivity index is 1.67. The molecule has 3 fully saturated rings. The highest BCUT2D eigenvalue weighted by atomic mass is 16.3. The molecule has 3 rings (SSSR count). The Bertz CT molecular complexity index is 283. The maximum Gasteiger partial charge on any atom is 0.0700 e. The first-order chi connectivity index (χ1) is 8.19. The third-order valence-electron chi connectivity index (χ3n) is 5.37. The summed E-state index contributed by atoms with van der Waals surface area (Å²) in [5, 5.41) is 20.6. The molecule has 0 amide bonds. The summed E-state index contributed by atoms with van der Waals surface area (Å²) in [5.74, 6) is 0.456. The number of aliphatic hydroxyl groups excluding tert-OH is 1. The molecule has 17 heavy (non-hydrogen) atoms. The van der Waals surface area contributed by atoms with E-state index in [1.165, 1.54) is 19.3 Å². The minimum absolute atomic E-state index is 0.121. The van der Waals surface area contributed by atoms with Crippen molar-refractivity contribution in [1.29, 1.82) is 0 Å². The maximum absolute atomic E-state index is 10.6. The van der Waals surface area contributed by atoms with Gasteiger partial charge in [-0.3, -0.25) is 4.90 Å². The van der Waals surface area contributed by atoms with Crippen molar-refractivity contribution in [2.24, 2.45) is 5.92 Å².